The Labute approximate surface area is 176 Å². The summed E-state index contributed by atoms with van der Waals surface area (Å²) >= 11 is 6.04. The zero-order valence-electron chi connectivity index (χ0n) is 15.8. The number of anilines is 2. The lowest BCUT2D eigenvalue weighted by molar-refractivity contribution is -0.122. The van der Waals surface area contributed by atoms with Crippen molar-refractivity contribution in [3.63, 3.8) is 0 Å². The maximum Gasteiger partial charge on any atom is 0.262 e. The summed E-state index contributed by atoms with van der Waals surface area (Å²) in [6.07, 6.45) is 8.09. The molecule has 2 N–H and O–H groups in total. The lowest BCUT2D eigenvalue weighted by Crippen LogP contribution is -2.47. The van der Waals surface area contributed by atoms with Crippen molar-refractivity contribution in [3.8, 4) is 12.3 Å². The number of likely N-dealkylation sites (tertiary alicyclic amines) is 1. The van der Waals surface area contributed by atoms with Crippen molar-refractivity contribution in [1.29, 1.82) is 0 Å². The van der Waals surface area contributed by atoms with Gasteiger partial charge >= 0.3 is 0 Å². The number of sulfonamides is 1. The first kappa shape index (κ1) is 21.2. The average molecular weight is 432 g/mol. The number of hydrogen-bond acceptors (Lipinski definition) is 4. The van der Waals surface area contributed by atoms with Gasteiger partial charge in [-0.3, -0.25) is 14.4 Å². The number of halogens is 1. The van der Waals surface area contributed by atoms with E-state index in [0.29, 0.717) is 17.3 Å². The van der Waals surface area contributed by atoms with Crippen molar-refractivity contribution >= 4 is 38.9 Å². The van der Waals surface area contributed by atoms with Gasteiger partial charge in [0.2, 0.25) is 5.91 Å². The monoisotopic (exact) mass is 431 g/mol. The van der Waals surface area contributed by atoms with E-state index in [1.165, 1.54) is 12.1 Å². The molecule has 1 aliphatic rings. The zero-order valence-corrected chi connectivity index (χ0v) is 17.3. The quantitative estimate of drug-likeness (QED) is 0.685. The number of benzene rings is 2. The zero-order chi connectivity index (χ0) is 20.9. The number of nitrogens with one attached hydrogen (secondary N) is 2. The van der Waals surface area contributed by atoms with Crippen molar-refractivity contribution in [2.75, 3.05) is 23.1 Å². The molecule has 2 aromatic carbocycles. The average Bonchev–Trinajstić information content (AvgIpc) is 2.70. The first-order valence-corrected chi connectivity index (χ1v) is 11.1. The van der Waals surface area contributed by atoms with E-state index < -0.39 is 10.0 Å². The third kappa shape index (κ3) is 5.30. The second kappa shape index (κ2) is 9.31. The lowest BCUT2D eigenvalue weighted by Gasteiger charge is -2.33. The molecule has 2 aromatic rings. The van der Waals surface area contributed by atoms with Crippen molar-refractivity contribution in [2.24, 2.45) is 0 Å². The molecule has 1 fully saturated rings. The van der Waals surface area contributed by atoms with Gasteiger partial charge in [-0.15, -0.1) is 6.42 Å². The first-order chi connectivity index (χ1) is 13.9. The highest BCUT2D eigenvalue weighted by molar-refractivity contribution is 7.92. The van der Waals surface area contributed by atoms with Crippen LogP contribution in [0, 0.1) is 12.3 Å². The van der Waals surface area contributed by atoms with Crippen LogP contribution in [0.2, 0.25) is 5.02 Å². The highest BCUT2D eigenvalue weighted by atomic mass is 35.5. The molecule has 0 radical (unpaired) electrons. The van der Waals surface area contributed by atoms with Crippen molar-refractivity contribution in [2.45, 2.75) is 30.2 Å². The molecule has 0 saturated carbocycles. The van der Waals surface area contributed by atoms with Crippen molar-refractivity contribution in [1.82, 2.24) is 4.90 Å². The van der Waals surface area contributed by atoms with E-state index >= 15 is 0 Å². The maximum atomic E-state index is 12.7. The number of nitrogens with zero attached hydrogens (tertiary/aromatic N) is 1. The fraction of sp³-hybridized carbons (Fsp3) is 0.286. The van der Waals surface area contributed by atoms with E-state index in [2.05, 4.69) is 16.0 Å². The molecule has 1 heterocycles. The number of terminal acetylenes is 1. The molecule has 1 aliphatic heterocycles. The molecule has 1 saturated heterocycles. The fourth-order valence-electron chi connectivity index (χ4n) is 3.31. The highest BCUT2D eigenvalue weighted by Gasteiger charge is 2.28. The second-order valence-corrected chi connectivity index (χ2v) is 8.88. The molecule has 152 valence electrons. The van der Waals surface area contributed by atoms with Crippen molar-refractivity contribution < 1.29 is 13.2 Å². The van der Waals surface area contributed by atoms with Gasteiger partial charge in [0.05, 0.1) is 28.2 Å². The van der Waals surface area contributed by atoms with Crippen LogP contribution in [-0.4, -0.2) is 38.4 Å². The van der Waals surface area contributed by atoms with Crippen LogP contribution in [0.1, 0.15) is 19.3 Å². The van der Waals surface area contributed by atoms with E-state index in [-0.39, 0.29) is 22.5 Å². The van der Waals surface area contributed by atoms with Gasteiger partial charge in [0.1, 0.15) is 0 Å². The molecule has 1 amide bonds. The maximum absolute atomic E-state index is 12.7. The Morgan fingerprint density at radius 3 is 2.76 bits per heavy atom. The Morgan fingerprint density at radius 2 is 2.00 bits per heavy atom. The predicted molar refractivity (Wildman–Crippen MR) is 115 cm³/mol. The molecule has 8 heteroatoms. The third-order valence-electron chi connectivity index (χ3n) is 4.74. The minimum Gasteiger partial charge on any atom is -0.325 e. The predicted octanol–water partition coefficient (Wildman–Crippen LogP) is 3.57. The smallest absolute Gasteiger partial charge is 0.262 e. The molecule has 0 bridgehead atoms. The Kier molecular flexibility index (Phi) is 6.80. The molecule has 29 heavy (non-hydrogen) atoms. The van der Waals surface area contributed by atoms with E-state index in [0.717, 1.165) is 25.8 Å². The number of para-hydroxylation sites is 1. The van der Waals surface area contributed by atoms with Crippen LogP contribution in [0.15, 0.2) is 53.4 Å². The summed E-state index contributed by atoms with van der Waals surface area (Å²) in [5.41, 5.74) is 0.694. The van der Waals surface area contributed by atoms with Gasteiger partial charge in [0, 0.05) is 5.69 Å². The summed E-state index contributed by atoms with van der Waals surface area (Å²) in [4.78, 5) is 14.7. The molecule has 0 spiro atoms. The van der Waals surface area contributed by atoms with Crippen LogP contribution < -0.4 is 10.0 Å². The van der Waals surface area contributed by atoms with Crippen LogP contribution in [0.5, 0.6) is 0 Å². The number of rotatable bonds is 6. The van der Waals surface area contributed by atoms with Gasteiger partial charge in [-0.05, 0) is 49.7 Å². The van der Waals surface area contributed by atoms with Crippen LogP contribution >= 0.6 is 11.6 Å². The van der Waals surface area contributed by atoms with E-state index in [4.69, 9.17) is 18.0 Å². The standard InChI is InChI=1S/C21H22ClN3O3S/c1-2-13-25-14-6-5-12-20(25)21(26)23-16-8-7-9-17(15-16)29(27,28)24-19-11-4-3-10-18(19)22/h1,3-4,7-11,15,20,24H,5-6,12-14H2,(H,23,26). The Morgan fingerprint density at radius 1 is 1.21 bits per heavy atom. The molecule has 3 rings (SSSR count). The summed E-state index contributed by atoms with van der Waals surface area (Å²) < 4.78 is 27.9. The fourth-order valence-corrected chi connectivity index (χ4v) is 4.67. The summed E-state index contributed by atoms with van der Waals surface area (Å²) in [7, 11) is -3.86. The molecular weight excluding hydrogens is 410 g/mol. The summed E-state index contributed by atoms with van der Waals surface area (Å²) in [6.45, 7) is 1.19. The van der Waals surface area contributed by atoms with Gasteiger partial charge < -0.3 is 5.32 Å². The van der Waals surface area contributed by atoms with Crippen LogP contribution in [-0.2, 0) is 14.8 Å². The molecule has 0 aromatic heterocycles. The van der Waals surface area contributed by atoms with Gasteiger partial charge in [0.25, 0.3) is 10.0 Å². The SMILES string of the molecule is C#CCN1CCCCC1C(=O)Nc1cccc(S(=O)(=O)Nc2ccccc2Cl)c1. The summed E-state index contributed by atoms with van der Waals surface area (Å²) in [5.74, 6) is 2.40. The minimum atomic E-state index is -3.86. The van der Waals surface area contributed by atoms with Gasteiger partial charge in [-0.25, -0.2) is 8.42 Å². The van der Waals surface area contributed by atoms with E-state index in [1.54, 1.807) is 36.4 Å². The Balaban J connectivity index is 1.76. The van der Waals surface area contributed by atoms with Crippen LogP contribution in [0.4, 0.5) is 11.4 Å². The minimum absolute atomic E-state index is 0.0272. The van der Waals surface area contributed by atoms with E-state index in [1.807, 2.05) is 4.90 Å². The normalized spacial score (nSPS) is 17.3. The first-order valence-electron chi connectivity index (χ1n) is 9.26. The van der Waals surface area contributed by atoms with Crippen LogP contribution in [0.25, 0.3) is 0 Å². The molecule has 0 aliphatic carbocycles. The number of amides is 1. The Bertz CT molecular complexity index is 1030. The highest BCUT2D eigenvalue weighted by Crippen LogP contribution is 2.25. The third-order valence-corrected chi connectivity index (χ3v) is 6.43. The summed E-state index contributed by atoms with van der Waals surface area (Å²) in [6, 6.07) is 12.4. The number of piperidine rings is 1. The summed E-state index contributed by atoms with van der Waals surface area (Å²) in [5, 5.41) is 3.12. The van der Waals surface area contributed by atoms with Crippen LogP contribution in [0.3, 0.4) is 0 Å². The second-order valence-electron chi connectivity index (χ2n) is 6.79. The van der Waals surface area contributed by atoms with Gasteiger partial charge in [0.15, 0.2) is 0 Å². The number of carbonyl (C=O) groups excluding carboxylic acids is 1. The largest absolute Gasteiger partial charge is 0.325 e. The van der Waals surface area contributed by atoms with Crippen molar-refractivity contribution in [3.05, 3.63) is 53.6 Å². The lowest BCUT2D eigenvalue weighted by atomic mass is 10.0. The molecule has 1 atom stereocenters. The Hall–Kier alpha value is -2.53. The number of hydrogen-bond donors (Lipinski definition) is 2. The molecular formula is C21H22ClN3O3S. The molecule has 1 unspecified atom stereocenters. The van der Waals surface area contributed by atoms with Gasteiger partial charge in [-0.1, -0.05) is 42.1 Å². The molecule has 6 nitrogen and oxygen atoms in total. The number of carbonyl (C=O) groups is 1. The topological polar surface area (TPSA) is 78.5 Å². The van der Waals surface area contributed by atoms with Gasteiger partial charge in [-0.2, -0.15) is 0 Å². The van der Waals surface area contributed by atoms with E-state index in [9.17, 15) is 13.2 Å².